The maximum absolute atomic E-state index is 12.5. The lowest BCUT2D eigenvalue weighted by atomic mass is 10.1. The van der Waals surface area contributed by atoms with Gasteiger partial charge in [-0.15, -0.1) is 11.3 Å². The summed E-state index contributed by atoms with van der Waals surface area (Å²) in [6, 6.07) is 15.9. The lowest BCUT2D eigenvalue weighted by molar-refractivity contribution is -0.115. The summed E-state index contributed by atoms with van der Waals surface area (Å²) >= 11 is 2.71. The molecule has 4 rings (SSSR count). The van der Waals surface area contributed by atoms with Gasteiger partial charge in [0.15, 0.2) is 10.7 Å². The molecule has 2 heterocycles. The Balaban J connectivity index is 1.40. The third-order valence-electron chi connectivity index (χ3n) is 4.31. The standard InChI is InChI=1S/C21H19N3O2S2/c1-3-14-8-10-15(11-9-14)17-12-27-20(22-17)24-19(25)13(2)28-21-23-16-6-4-5-7-18(16)26-21/h4-13H,3H2,1-2H3,(H,22,24,25)/t13-/m0/s1. The number of rotatable bonds is 6. The number of benzene rings is 2. The SMILES string of the molecule is CCc1ccc(-c2csc(NC(=O)[C@H](C)Sc3nc4ccccc4o3)n2)cc1. The van der Waals surface area contributed by atoms with Crippen LogP contribution in [0.25, 0.3) is 22.4 Å². The minimum Gasteiger partial charge on any atom is -0.431 e. The Bertz CT molecular complexity index is 1070. The summed E-state index contributed by atoms with van der Waals surface area (Å²) < 4.78 is 5.68. The van der Waals surface area contributed by atoms with E-state index in [1.54, 1.807) is 0 Å². The van der Waals surface area contributed by atoms with Crippen LogP contribution < -0.4 is 5.32 Å². The first-order valence-electron chi connectivity index (χ1n) is 9.00. The van der Waals surface area contributed by atoms with Gasteiger partial charge in [0.05, 0.1) is 10.9 Å². The second-order valence-electron chi connectivity index (χ2n) is 6.29. The molecule has 0 unspecified atom stereocenters. The number of oxazole rings is 1. The maximum atomic E-state index is 12.5. The van der Waals surface area contributed by atoms with Crippen molar-refractivity contribution in [1.29, 1.82) is 0 Å². The lowest BCUT2D eigenvalue weighted by Gasteiger charge is -2.07. The van der Waals surface area contributed by atoms with Gasteiger partial charge in [-0.25, -0.2) is 9.97 Å². The predicted molar refractivity (Wildman–Crippen MR) is 115 cm³/mol. The Morgan fingerprint density at radius 1 is 1.18 bits per heavy atom. The first kappa shape index (κ1) is 18.7. The molecule has 5 nitrogen and oxygen atoms in total. The van der Waals surface area contributed by atoms with Crippen molar-refractivity contribution in [3.8, 4) is 11.3 Å². The Hall–Kier alpha value is -2.64. The normalized spacial score (nSPS) is 12.2. The molecule has 1 amide bonds. The maximum Gasteiger partial charge on any atom is 0.257 e. The number of aryl methyl sites for hydroxylation is 1. The number of nitrogens with zero attached hydrogens (tertiary/aromatic N) is 2. The van der Waals surface area contributed by atoms with Crippen molar-refractivity contribution < 1.29 is 9.21 Å². The molecule has 0 spiro atoms. The fourth-order valence-corrected chi connectivity index (χ4v) is 4.17. The molecule has 0 fully saturated rings. The number of nitrogens with one attached hydrogen (secondary N) is 1. The molecule has 0 radical (unpaired) electrons. The van der Waals surface area contributed by atoms with Crippen LogP contribution in [0.4, 0.5) is 5.13 Å². The van der Waals surface area contributed by atoms with Crippen molar-refractivity contribution in [2.75, 3.05) is 5.32 Å². The van der Waals surface area contributed by atoms with Gasteiger partial charge in [-0.1, -0.05) is 55.1 Å². The van der Waals surface area contributed by atoms with Crippen LogP contribution in [-0.4, -0.2) is 21.1 Å². The fraction of sp³-hybridized carbons (Fsp3) is 0.190. The molecule has 142 valence electrons. The summed E-state index contributed by atoms with van der Waals surface area (Å²) in [5, 5.41) is 5.56. The molecule has 4 aromatic rings. The molecule has 1 atom stereocenters. The van der Waals surface area contributed by atoms with Crippen LogP contribution in [0.1, 0.15) is 19.4 Å². The average molecular weight is 410 g/mol. The van der Waals surface area contributed by atoms with E-state index in [4.69, 9.17) is 4.42 Å². The monoisotopic (exact) mass is 409 g/mol. The molecule has 1 N–H and O–H groups in total. The van der Waals surface area contributed by atoms with E-state index in [0.717, 1.165) is 28.8 Å². The van der Waals surface area contributed by atoms with Gasteiger partial charge in [0, 0.05) is 10.9 Å². The average Bonchev–Trinajstić information content (AvgIpc) is 3.34. The van der Waals surface area contributed by atoms with Gasteiger partial charge >= 0.3 is 0 Å². The Morgan fingerprint density at radius 3 is 2.71 bits per heavy atom. The highest BCUT2D eigenvalue weighted by atomic mass is 32.2. The molecular formula is C21H19N3O2S2. The van der Waals surface area contributed by atoms with Crippen LogP contribution >= 0.6 is 23.1 Å². The Labute approximate surface area is 171 Å². The summed E-state index contributed by atoms with van der Waals surface area (Å²) in [5.41, 5.74) is 4.70. The predicted octanol–water partition coefficient (Wildman–Crippen LogP) is 5.63. The molecule has 0 aliphatic rings. The van der Waals surface area contributed by atoms with Gasteiger partial charge in [-0.2, -0.15) is 0 Å². The van der Waals surface area contributed by atoms with Gasteiger partial charge in [0.2, 0.25) is 5.91 Å². The number of thioether (sulfide) groups is 1. The van der Waals surface area contributed by atoms with Crippen molar-refractivity contribution in [3.05, 3.63) is 59.5 Å². The zero-order chi connectivity index (χ0) is 19.5. The van der Waals surface area contributed by atoms with Gasteiger partial charge < -0.3 is 9.73 Å². The molecule has 28 heavy (non-hydrogen) atoms. The molecule has 0 saturated carbocycles. The highest BCUT2D eigenvalue weighted by Gasteiger charge is 2.19. The van der Waals surface area contributed by atoms with Crippen LogP contribution in [0.15, 0.2) is 63.6 Å². The molecule has 0 saturated heterocycles. The third kappa shape index (κ3) is 4.10. The second-order valence-corrected chi connectivity index (χ2v) is 8.44. The number of carbonyl (C=O) groups excluding carboxylic acids is 1. The van der Waals surface area contributed by atoms with Gasteiger partial charge in [-0.05, 0) is 31.0 Å². The van der Waals surface area contributed by atoms with Gasteiger partial charge in [-0.3, -0.25) is 4.79 Å². The van der Waals surface area contributed by atoms with Crippen LogP contribution in [0, 0.1) is 0 Å². The summed E-state index contributed by atoms with van der Waals surface area (Å²) in [7, 11) is 0. The minimum absolute atomic E-state index is 0.130. The Morgan fingerprint density at radius 2 is 1.96 bits per heavy atom. The quantitative estimate of drug-likeness (QED) is 0.418. The zero-order valence-electron chi connectivity index (χ0n) is 15.5. The number of aromatic nitrogens is 2. The molecule has 7 heteroatoms. The van der Waals surface area contributed by atoms with Crippen LogP contribution in [0.5, 0.6) is 0 Å². The van der Waals surface area contributed by atoms with Gasteiger partial charge in [0.25, 0.3) is 5.22 Å². The van der Waals surface area contributed by atoms with E-state index in [-0.39, 0.29) is 11.2 Å². The molecule has 0 aliphatic carbocycles. The lowest BCUT2D eigenvalue weighted by Crippen LogP contribution is -2.22. The van der Waals surface area contributed by atoms with Crippen LogP contribution in [0.2, 0.25) is 0 Å². The van der Waals surface area contributed by atoms with Crippen LogP contribution in [0.3, 0.4) is 0 Å². The van der Waals surface area contributed by atoms with Crippen molar-refractivity contribution >= 4 is 45.2 Å². The highest BCUT2D eigenvalue weighted by Crippen LogP contribution is 2.29. The van der Waals surface area contributed by atoms with E-state index in [2.05, 4.69) is 46.5 Å². The first-order chi connectivity index (χ1) is 13.6. The topological polar surface area (TPSA) is 68.0 Å². The Kier molecular flexibility index (Phi) is 5.45. The van der Waals surface area contributed by atoms with Crippen molar-refractivity contribution in [2.24, 2.45) is 0 Å². The largest absolute Gasteiger partial charge is 0.431 e. The van der Waals surface area contributed by atoms with E-state index in [9.17, 15) is 4.79 Å². The molecular weight excluding hydrogens is 390 g/mol. The number of thiazole rings is 1. The minimum atomic E-state index is -0.357. The number of carbonyl (C=O) groups is 1. The van der Waals surface area contributed by atoms with Crippen molar-refractivity contribution in [3.63, 3.8) is 0 Å². The summed E-state index contributed by atoms with van der Waals surface area (Å²) in [6.45, 7) is 3.96. The number of fused-ring (bicyclic) bond motifs is 1. The molecule has 0 bridgehead atoms. The summed E-state index contributed by atoms with van der Waals surface area (Å²) in [4.78, 5) is 21.5. The fourth-order valence-electron chi connectivity index (χ4n) is 2.69. The second kappa shape index (κ2) is 8.16. The molecule has 0 aliphatic heterocycles. The summed E-state index contributed by atoms with van der Waals surface area (Å²) in [6.07, 6.45) is 1.01. The van der Waals surface area contributed by atoms with Crippen molar-refractivity contribution in [2.45, 2.75) is 30.7 Å². The third-order valence-corrected chi connectivity index (χ3v) is 6.01. The van der Waals surface area contributed by atoms with E-state index < -0.39 is 0 Å². The zero-order valence-corrected chi connectivity index (χ0v) is 17.1. The first-order valence-corrected chi connectivity index (χ1v) is 10.8. The van der Waals surface area contributed by atoms with E-state index in [0.29, 0.717) is 10.4 Å². The number of anilines is 1. The summed E-state index contributed by atoms with van der Waals surface area (Å²) in [5.74, 6) is -0.130. The molecule has 2 aromatic heterocycles. The smallest absolute Gasteiger partial charge is 0.257 e. The number of hydrogen-bond acceptors (Lipinski definition) is 6. The number of para-hydroxylation sites is 2. The van der Waals surface area contributed by atoms with Crippen LogP contribution in [-0.2, 0) is 11.2 Å². The van der Waals surface area contributed by atoms with E-state index in [1.807, 2.05) is 36.6 Å². The highest BCUT2D eigenvalue weighted by molar-refractivity contribution is 8.00. The van der Waals surface area contributed by atoms with E-state index >= 15 is 0 Å². The van der Waals surface area contributed by atoms with Crippen molar-refractivity contribution in [1.82, 2.24) is 9.97 Å². The number of amides is 1. The molecule has 2 aromatic carbocycles. The number of hydrogen-bond donors (Lipinski definition) is 1. The van der Waals surface area contributed by atoms with Gasteiger partial charge in [0.1, 0.15) is 5.52 Å². The van der Waals surface area contributed by atoms with E-state index in [1.165, 1.54) is 28.7 Å².